The van der Waals surface area contributed by atoms with Crippen LogP contribution in [0, 0.1) is 0 Å². The number of halogens is 2. The molecule has 1 aromatic rings. The first-order valence-corrected chi connectivity index (χ1v) is 7.62. The van der Waals surface area contributed by atoms with Crippen LogP contribution in [-0.2, 0) is 9.59 Å². The van der Waals surface area contributed by atoms with Gasteiger partial charge in [-0.3, -0.25) is 9.59 Å². The summed E-state index contributed by atoms with van der Waals surface area (Å²) in [5.41, 5.74) is 5.80. The van der Waals surface area contributed by atoms with Gasteiger partial charge in [-0.05, 0) is 18.2 Å². The SMILES string of the molecule is NC(CSCCC(=O)Nc1cc(Cl)ccc1Cl)C(=O)O. The van der Waals surface area contributed by atoms with Crippen LogP contribution in [0.2, 0.25) is 10.0 Å². The van der Waals surface area contributed by atoms with Gasteiger partial charge in [-0.25, -0.2) is 0 Å². The Kier molecular flexibility index (Phi) is 7.15. The molecule has 1 unspecified atom stereocenters. The smallest absolute Gasteiger partial charge is 0.321 e. The van der Waals surface area contributed by atoms with Gasteiger partial charge in [0.25, 0.3) is 0 Å². The number of carbonyl (C=O) groups is 2. The van der Waals surface area contributed by atoms with E-state index >= 15 is 0 Å². The van der Waals surface area contributed by atoms with Gasteiger partial charge in [0, 0.05) is 22.9 Å². The molecule has 0 aliphatic carbocycles. The highest BCUT2D eigenvalue weighted by molar-refractivity contribution is 7.99. The van der Waals surface area contributed by atoms with Gasteiger partial charge in [-0.1, -0.05) is 23.2 Å². The second kappa shape index (κ2) is 8.36. The van der Waals surface area contributed by atoms with Crippen molar-refractivity contribution in [2.45, 2.75) is 12.5 Å². The van der Waals surface area contributed by atoms with Crippen molar-refractivity contribution in [2.24, 2.45) is 5.73 Å². The number of rotatable bonds is 7. The maximum atomic E-state index is 11.7. The molecule has 0 bridgehead atoms. The van der Waals surface area contributed by atoms with Gasteiger partial charge >= 0.3 is 5.97 Å². The van der Waals surface area contributed by atoms with Crippen LogP contribution >= 0.6 is 35.0 Å². The van der Waals surface area contributed by atoms with E-state index < -0.39 is 12.0 Å². The molecule has 0 aliphatic heterocycles. The van der Waals surface area contributed by atoms with E-state index in [9.17, 15) is 9.59 Å². The van der Waals surface area contributed by atoms with Gasteiger partial charge in [0.2, 0.25) is 5.91 Å². The zero-order valence-electron chi connectivity index (χ0n) is 10.4. The third kappa shape index (κ3) is 6.00. The minimum Gasteiger partial charge on any atom is -0.480 e. The first-order valence-electron chi connectivity index (χ1n) is 5.71. The van der Waals surface area contributed by atoms with Crippen LogP contribution in [0.3, 0.4) is 0 Å². The Morgan fingerprint density at radius 1 is 1.40 bits per heavy atom. The first kappa shape index (κ1) is 17.1. The molecule has 8 heteroatoms. The number of carbonyl (C=O) groups excluding carboxylic acids is 1. The molecule has 1 aromatic carbocycles. The van der Waals surface area contributed by atoms with Crippen LogP contribution in [0.1, 0.15) is 6.42 Å². The lowest BCUT2D eigenvalue weighted by atomic mass is 10.3. The number of aliphatic carboxylic acids is 1. The van der Waals surface area contributed by atoms with Crippen molar-refractivity contribution in [3.8, 4) is 0 Å². The molecular weight excluding hydrogens is 323 g/mol. The summed E-state index contributed by atoms with van der Waals surface area (Å²) in [5.74, 6) is -0.524. The molecule has 110 valence electrons. The first-order chi connectivity index (χ1) is 9.40. The van der Waals surface area contributed by atoms with Crippen molar-refractivity contribution in [2.75, 3.05) is 16.8 Å². The average molecular weight is 337 g/mol. The second-order valence-corrected chi connectivity index (χ2v) is 5.94. The third-order valence-electron chi connectivity index (χ3n) is 2.29. The number of benzene rings is 1. The molecule has 1 atom stereocenters. The van der Waals surface area contributed by atoms with Crippen LogP contribution in [0.15, 0.2) is 18.2 Å². The molecule has 0 aliphatic rings. The van der Waals surface area contributed by atoms with Gasteiger partial charge in [-0.15, -0.1) is 0 Å². The summed E-state index contributed by atoms with van der Waals surface area (Å²) in [6, 6.07) is 3.88. The van der Waals surface area contributed by atoms with E-state index in [4.69, 9.17) is 34.0 Å². The van der Waals surface area contributed by atoms with Crippen LogP contribution in [0.4, 0.5) is 5.69 Å². The van der Waals surface area contributed by atoms with Crippen molar-refractivity contribution in [1.82, 2.24) is 0 Å². The Labute approximate surface area is 130 Å². The van der Waals surface area contributed by atoms with Gasteiger partial charge < -0.3 is 16.2 Å². The highest BCUT2D eigenvalue weighted by atomic mass is 35.5. The van der Waals surface area contributed by atoms with Crippen LogP contribution in [0.25, 0.3) is 0 Å². The van der Waals surface area contributed by atoms with Crippen LogP contribution < -0.4 is 11.1 Å². The minimum atomic E-state index is -1.05. The topological polar surface area (TPSA) is 92.4 Å². The number of hydrogen-bond acceptors (Lipinski definition) is 4. The number of nitrogens with one attached hydrogen (secondary N) is 1. The number of carboxylic acid groups (broad SMARTS) is 1. The molecule has 1 amide bonds. The number of hydrogen-bond donors (Lipinski definition) is 3. The van der Waals surface area contributed by atoms with E-state index in [-0.39, 0.29) is 18.1 Å². The highest BCUT2D eigenvalue weighted by Gasteiger charge is 2.11. The fourth-order valence-electron chi connectivity index (χ4n) is 1.25. The van der Waals surface area contributed by atoms with Crippen LogP contribution in [0.5, 0.6) is 0 Å². The maximum Gasteiger partial charge on any atom is 0.321 e. The summed E-state index contributed by atoms with van der Waals surface area (Å²) in [6.45, 7) is 0. The summed E-state index contributed by atoms with van der Waals surface area (Å²) in [5, 5.41) is 12.1. The molecular formula is C12H14Cl2N2O3S. The van der Waals surface area contributed by atoms with E-state index in [1.54, 1.807) is 18.2 Å². The summed E-state index contributed by atoms with van der Waals surface area (Å²) in [6.07, 6.45) is 0.236. The standard InChI is InChI=1S/C12H14Cl2N2O3S/c13-7-1-2-8(14)10(5-7)16-11(17)3-4-20-6-9(15)12(18)19/h1-2,5,9H,3-4,6,15H2,(H,16,17)(H,18,19). The summed E-state index contributed by atoms with van der Waals surface area (Å²) in [7, 11) is 0. The van der Waals surface area contributed by atoms with Crippen molar-refractivity contribution in [3.63, 3.8) is 0 Å². The normalized spacial score (nSPS) is 11.9. The minimum absolute atomic E-state index is 0.217. The van der Waals surface area contributed by atoms with Crippen LogP contribution in [-0.4, -0.2) is 34.5 Å². The molecule has 0 radical (unpaired) electrons. The molecule has 20 heavy (non-hydrogen) atoms. The Bertz CT molecular complexity index is 500. The van der Waals surface area contributed by atoms with Gasteiger partial charge in [-0.2, -0.15) is 11.8 Å². The molecule has 0 aromatic heterocycles. The lowest BCUT2D eigenvalue weighted by Gasteiger charge is -2.08. The second-order valence-electron chi connectivity index (χ2n) is 3.94. The predicted molar refractivity (Wildman–Crippen MR) is 82.6 cm³/mol. The molecule has 0 saturated carbocycles. The van der Waals surface area contributed by atoms with E-state index in [1.165, 1.54) is 11.8 Å². The lowest BCUT2D eigenvalue weighted by Crippen LogP contribution is -2.32. The number of anilines is 1. The molecule has 5 nitrogen and oxygen atoms in total. The van der Waals surface area contributed by atoms with Crippen molar-refractivity contribution < 1.29 is 14.7 Å². The fraction of sp³-hybridized carbons (Fsp3) is 0.333. The van der Waals surface area contributed by atoms with E-state index in [2.05, 4.69) is 5.32 Å². The van der Waals surface area contributed by atoms with E-state index in [1.807, 2.05) is 0 Å². The maximum absolute atomic E-state index is 11.7. The Morgan fingerprint density at radius 3 is 2.75 bits per heavy atom. The zero-order chi connectivity index (χ0) is 15.1. The molecule has 4 N–H and O–H groups in total. The monoisotopic (exact) mass is 336 g/mol. The molecule has 0 saturated heterocycles. The lowest BCUT2D eigenvalue weighted by molar-refractivity contribution is -0.137. The van der Waals surface area contributed by atoms with Gasteiger partial charge in [0.15, 0.2) is 0 Å². The molecule has 1 rings (SSSR count). The Morgan fingerprint density at radius 2 is 2.10 bits per heavy atom. The largest absolute Gasteiger partial charge is 0.480 e. The molecule has 0 fully saturated rings. The molecule has 0 spiro atoms. The quantitative estimate of drug-likeness (QED) is 0.665. The van der Waals surface area contributed by atoms with E-state index in [0.717, 1.165) is 0 Å². The average Bonchev–Trinajstić information content (AvgIpc) is 2.38. The van der Waals surface area contributed by atoms with Gasteiger partial charge in [0.05, 0.1) is 10.7 Å². The Balaban J connectivity index is 2.34. The number of nitrogens with two attached hydrogens (primary N) is 1. The summed E-state index contributed by atoms with van der Waals surface area (Å²) in [4.78, 5) is 22.2. The van der Waals surface area contributed by atoms with Crippen molar-refractivity contribution >= 4 is 52.5 Å². The third-order valence-corrected chi connectivity index (χ3v) is 3.94. The predicted octanol–water partition coefficient (Wildman–Crippen LogP) is 2.47. The number of carboxylic acids is 1. The Hall–Kier alpha value is -0.950. The van der Waals surface area contributed by atoms with Crippen molar-refractivity contribution in [3.05, 3.63) is 28.2 Å². The van der Waals surface area contributed by atoms with E-state index in [0.29, 0.717) is 21.5 Å². The number of thioether (sulfide) groups is 1. The summed E-state index contributed by atoms with van der Waals surface area (Å²) >= 11 is 13.0. The summed E-state index contributed by atoms with van der Waals surface area (Å²) < 4.78 is 0. The zero-order valence-corrected chi connectivity index (χ0v) is 12.8. The number of amides is 1. The fourth-order valence-corrected chi connectivity index (χ4v) is 2.48. The molecule has 0 heterocycles. The van der Waals surface area contributed by atoms with Gasteiger partial charge in [0.1, 0.15) is 6.04 Å². The van der Waals surface area contributed by atoms with Crippen molar-refractivity contribution in [1.29, 1.82) is 0 Å². The highest BCUT2D eigenvalue weighted by Crippen LogP contribution is 2.25.